The van der Waals surface area contributed by atoms with Crippen LogP contribution in [0.5, 0.6) is 0 Å². The van der Waals surface area contributed by atoms with Gasteiger partial charge in [0.2, 0.25) is 0 Å². The summed E-state index contributed by atoms with van der Waals surface area (Å²) in [5.74, 6) is -1.19. The lowest BCUT2D eigenvalue weighted by Gasteiger charge is -2.41. The van der Waals surface area contributed by atoms with E-state index < -0.39 is 27.4 Å². The van der Waals surface area contributed by atoms with Gasteiger partial charge in [0.15, 0.2) is 0 Å². The van der Waals surface area contributed by atoms with E-state index in [4.69, 9.17) is 0 Å². The number of amides is 2. The lowest BCUT2D eigenvalue weighted by Crippen LogP contribution is -2.60. The molecule has 0 aliphatic carbocycles. The molecule has 1 aliphatic heterocycles. The van der Waals surface area contributed by atoms with Crippen molar-refractivity contribution in [2.45, 2.75) is 31.7 Å². The van der Waals surface area contributed by atoms with E-state index in [-0.39, 0.29) is 12.3 Å². The van der Waals surface area contributed by atoms with Crippen molar-refractivity contribution in [2.75, 3.05) is 25.1 Å². The molecule has 0 aromatic rings. The number of carboxylic acids is 1. The smallest absolute Gasteiger partial charge is 0.329 e. The standard InChI is InChI=1S/C11H20N2O5S/c1-11(9(14)15)5-3-4-7-13(11)10(16)12-6-8-19(2,17)18/h3-8H2,1-2H3,(H,12,16)(H,14,15). The first-order chi connectivity index (χ1) is 8.67. The van der Waals surface area contributed by atoms with Crippen LogP contribution in [-0.4, -0.2) is 61.1 Å². The second kappa shape index (κ2) is 5.77. The first-order valence-corrected chi connectivity index (χ1v) is 8.19. The molecule has 1 heterocycles. The molecule has 0 bridgehead atoms. The van der Waals surface area contributed by atoms with Gasteiger partial charge in [-0.2, -0.15) is 0 Å². The second-order valence-electron chi connectivity index (χ2n) is 5.05. The molecule has 8 heteroatoms. The van der Waals surface area contributed by atoms with Gasteiger partial charge in [0.05, 0.1) is 5.75 Å². The van der Waals surface area contributed by atoms with Gasteiger partial charge < -0.3 is 15.3 Å². The maximum absolute atomic E-state index is 12.0. The fraction of sp³-hybridized carbons (Fsp3) is 0.818. The monoisotopic (exact) mass is 292 g/mol. The molecule has 1 saturated heterocycles. The molecule has 0 spiro atoms. The van der Waals surface area contributed by atoms with Crippen LogP contribution in [0.1, 0.15) is 26.2 Å². The topological polar surface area (TPSA) is 104 Å². The van der Waals surface area contributed by atoms with Crippen molar-refractivity contribution in [1.82, 2.24) is 10.2 Å². The molecular formula is C11H20N2O5S. The van der Waals surface area contributed by atoms with Crippen molar-refractivity contribution in [2.24, 2.45) is 0 Å². The highest BCUT2D eigenvalue weighted by Crippen LogP contribution is 2.28. The van der Waals surface area contributed by atoms with Gasteiger partial charge in [-0.15, -0.1) is 0 Å². The Hall–Kier alpha value is -1.31. The van der Waals surface area contributed by atoms with E-state index in [1.807, 2.05) is 0 Å². The summed E-state index contributed by atoms with van der Waals surface area (Å²) in [5.41, 5.74) is -1.21. The maximum Gasteiger partial charge on any atom is 0.329 e. The molecular weight excluding hydrogens is 272 g/mol. The van der Waals surface area contributed by atoms with Gasteiger partial charge in [0, 0.05) is 19.3 Å². The molecule has 1 fully saturated rings. The summed E-state index contributed by atoms with van der Waals surface area (Å²) >= 11 is 0. The van der Waals surface area contributed by atoms with Crippen LogP contribution < -0.4 is 5.32 Å². The number of hydrogen-bond donors (Lipinski definition) is 2. The number of nitrogens with one attached hydrogen (secondary N) is 1. The van der Waals surface area contributed by atoms with Crippen LogP contribution in [0.15, 0.2) is 0 Å². The number of hydrogen-bond acceptors (Lipinski definition) is 4. The van der Waals surface area contributed by atoms with Crippen LogP contribution in [0, 0.1) is 0 Å². The quantitative estimate of drug-likeness (QED) is 0.763. The van der Waals surface area contributed by atoms with Crippen LogP contribution in [0.2, 0.25) is 0 Å². The van der Waals surface area contributed by atoms with E-state index in [9.17, 15) is 23.1 Å². The molecule has 1 unspecified atom stereocenters. The average Bonchev–Trinajstić information content (AvgIpc) is 2.27. The van der Waals surface area contributed by atoms with Crippen molar-refractivity contribution < 1.29 is 23.1 Å². The predicted octanol–water partition coefficient (Wildman–Crippen LogP) is 0.0698. The summed E-state index contributed by atoms with van der Waals surface area (Å²) in [7, 11) is -3.15. The number of sulfone groups is 1. The van der Waals surface area contributed by atoms with Crippen molar-refractivity contribution in [3.63, 3.8) is 0 Å². The molecule has 0 saturated carbocycles. The lowest BCUT2D eigenvalue weighted by molar-refractivity contribution is -0.150. The summed E-state index contributed by atoms with van der Waals surface area (Å²) in [6.45, 7) is 1.88. The third-order valence-corrected chi connectivity index (χ3v) is 4.29. The largest absolute Gasteiger partial charge is 0.480 e. The third-order valence-electron chi connectivity index (χ3n) is 3.35. The zero-order valence-electron chi connectivity index (χ0n) is 11.2. The predicted molar refractivity (Wildman–Crippen MR) is 69.7 cm³/mol. The number of carbonyl (C=O) groups excluding carboxylic acids is 1. The number of piperidine rings is 1. The Morgan fingerprint density at radius 1 is 1.37 bits per heavy atom. The highest BCUT2D eigenvalue weighted by Gasteiger charge is 2.43. The van der Waals surface area contributed by atoms with Crippen molar-refractivity contribution in [3.05, 3.63) is 0 Å². The number of carboxylic acid groups (broad SMARTS) is 1. The summed E-state index contributed by atoms with van der Waals surface area (Å²) in [6, 6.07) is -0.520. The van der Waals surface area contributed by atoms with Crippen molar-refractivity contribution >= 4 is 21.8 Å². The molecule has 0 radical (unpaired) electrons. The first kappa shape index (κ1) is 15.7. The Kier molecular flexibility index (Phi) is 4.78. The minimum Gasteiger partial charge on any atom is -0.480 e. The van der Waals surface area contributed by atoms with Crippen molar-refractivity contribution in [3.8, 4) is 0 Å². The molecule has 110 valence electrons. The number of carbonyl (C=O) groups is 2. The minimum absolute atomic E-state index is 0.0101. The molecule has 19 heavy (non-hydrogen) atoms. The van der Waals surface area contributed by atoms with Crippen LogP contribution >= 0.6 is 0 Å². The number of aliphatic carboxylic acids is 1. The third kappa shape index (κ3) is 4.09. The minimum atomic E-state index is -3.15. The van der Waals surface area contributed by atoms with E-state index in [1.54, 1.807) is 0 Å². The van der Waals surface area contributed by atoms with Gasteiger partial charge in [-0.05, 0) is 26.2 Å². The average molecular weight is 292 g/mol. The summed E-state index contributed by atoms with van der Waals surface area (Å²) in [4.78, 5) is 24.5. The van der Waals surface area contributed by atoms with Gasteiger partial charge in [0.1, 0.15) is 15.4 Å². The first-order valence-electron chi connectivity index (χ1n) is 6.13. The van der Waals surface area contributed by atoms with E-state index in [0.717, 1.165) is 19.1 Å². The van der Waals surface area contributed by atoms with E-state index in [0.29, 0.717) is 13.0 Å². The van der Waals surface area contributed by atoms with E-state index in [2.05, 4.69) is 5.32 Å². The highest BCUT2D eigenvalue weighted by molar-refractivity contribution is 7.90. The number of rotatable bonds is 4. The maximum atomic E-state index is 12.0. The van der Waals surface area contributed by atoms with Gasteiger partial charge >= 0.3 is 12.0 Å². The summed E-state index contributed by atoms with van der Waals surface area (Å²) < 4.78 is 21.9. The second-order valence-corrected chi connectivity index (χ2v) is 7.31. The van der Waals surface area contributed by atoms with Gasteiger partial charge in [0.25, 0.3) is 0 Å². The Labute approximate surface area is 112 Å². The zero-order valence-corrected chi connectivity index (χ0v) is 12.0. The zero-order chi connectivity index (χ0) is 14.7. The fourth-order valence-electron chi connectivity index (χ4n) is 2.11. The SMILES string of the molecule is CC1(C(=O)O)CCCCN1C(=O)NCCS(C)(=O)=O. The molecule has 0 aromatic heterocycles. The Morgan fingerprint density at radius 3 is 2.53 bits per heavy atom. The van der Waals surface area contributed by atoms with Crippen LogP contribution in [-0.2, 0) is 14.6 Å². The fourth-order valence-corrected chi connectivity index (χ4v) is 2.58. The summed E-state index contributed by atoms with van der Waals surface area (Å²) in [6.07, 6.45) is 3.00. The molecule has 1 aliphatic rings. The normalized spacial score (nSPS) is 24.0. The lowest BCUT2D eigenvalue weighted by atomic mass is 9.89. The van der Waals surface area contributed by atoms with Crippen molar-refractivity contribution in [1.29, 1.82) is 0 Å². The molecule has 2 amide bonds. The Bertz CT molecular complexity index is 462. The van der Waals surface area contributed by atoms with Crippen LogP contribution in [0.25, 0.3) is 0 Å². The molecule has 7 nitrogen and oxygen atoms in total. The number of likely N-dealkylation sites (tertiary alicyclic amines) is 1. The van der Waals surface area contributed by atoms with Gasteiger partial charge in [-0.1, -0.05) is 0 Å². The molecule has 2 N–H and O–H groups in total. The molecule has 0 aromatic carbocycles. The Morgan fingerprint density at radius 2 is 2.00 bits per heavy atom. The van der Waals surface area contributed by atoms with Crippen LogP contribution in [0.3, 0.4) is 0 Å². The Balaban J connectivity index is 2.66. The van der Waals surface area contributed by atoms with E-state index in [1.165, 1.54) is 11.8 Å². The van der Waals surface area contributed by atoms with E-state index >= 15 is 0 Å². The van der Waals surface area contributed by atoms with Gasteiger partial charge in [-0.25, -0.2) is 18.0 Å². The highest BCUT2D eigenvalue weighted by atomic mass is 32.2. The summed E-state index contributed by atoms with van der Waals surface area (Å²) in [5, 5.41) is 11.7. The number of nitrogens with zero attached hydrogens (tertiary/aromatic N) is 1. The molecule has 1 rings (SSSR count). The number of urea groups is 1. The van der Waals surface area contributed by atoms with Gasteiger partial charge in [-0.3, -0.25) is 0 Å². The molecule has 1 atom stereocenters. The van der Waals surface area contributed by atoms with Crippen LogP contribution in [0.4, 0.5) is 4.79 Å².